The Morgan fingerprint density at radius 1 is 1.59 bits per heavy atom. The number of hydrogen-bond donors (Lipinski definition) is 4. The van der Waals surface area contributed by atoms with E-state index >= 15 is 0 Å². The van der Waals surface area contributed by atoms with Gasteiger partial charge in [0.25, 0.3) is 5.56 Å². The van der Waals surface area contributed by atoms with Crippen molar-refractivity contribution in [2.24, 2.45) is 0 Å². The van der Waals surface area contributed by atoms with Crippen molar-refractivity contribution < 1.29 is 10.2 Å². The molecule has 1 atom stereocenters. The Hall–Kier alpha value is -1.93. The Morgan fingerprint density at radius 2 is 2.35 bits per heavy atom. The molecule has 17 heavy (non-hydrogen) atoms. The zero-order valence-corrected chi connectivity index (χ0v) is 9.00. The first-order valence-electron chi connectivity index (χ1n) is 5.11. The summed E-state index contributed by atoms with van der Waals surface area (Å²) in [5.41, 5.74) is 5.82. The Bertz CT molecular complexity index is 576. The number of rotatable bonds is 4. The first-order chi connectivity index (χ1) is 8.13. The third kappa shape index (κ3) is 2.12. The average molecular weight is 239 g/mol. The number of aliphatic hydroxyl groups is 2. The predicted molar refractivity (Wildman–Crippen MR) is 60.3 cm³/mol. The van der Waals surface area contributed by atoms with Crippen LogP contribution in [-0.2, 0) is 6.54 Å². The summed E-state index contributed by atoms with van der Waals surface area (Å²) in [4.78, 5) is 22.5. The van der Waals surface area contributed by atoms with E-state index in [-0.39, 0.29) is 36.6 Å². The highest BCUT2D eigenvalue weighted by atomic mass is 16.3. The van der Waals surface area contributed by atoms with Gasteiger partial charge in [-0.2, -0.15) is 4.98 Å². The number of H-pyrrole nitrogens is 1. The van der Waals surface area contributed by atoms with Crippen LogP contribution in [0, 0.1) is 0 Å². The number of aromatic amines is 1. The number of hydrogen-bond acceptors (Lipinski definition) is 6. The number of aromatic nitrogens is 4. The molecule has 2 aromatic rings. The second-order valence-corrected chi connectivity index (χ2v) is 3.65. The number of imidazole rings is 1. The van der Waals surface area contributed by atoms with Crippen molar-refractivity contribution in [3.63, 3.8) is 0 Å². The van der Waals surface area contributed by atoms with Crippen LogP contribution < -0.4 is 11.3 Å². The minimum Gasteiger partial charge on any atom is -0.394 e. The number of nitrogens with zero attached hydrogens (tertiary/aromatic N) is 3. The smallest absolute Gasteiger partial charge is 0.283 e. The lowest BCUT2D eigenvalue weighted by molar-refractivity contribution is 0.0845. The molecular weight excluding hydrogens is 226 g/mol. The molecule has 0 aliphatic carbocycles. The SMILES string of the molecule is Nc1nc2[nH]cnc2c(=O)n1CCC(O)CO. The van der Waals surface area contributed by atoms with Crippen molar-refractivity contribution in [3.05, 3.63) is 16.7 Å². The monoisotopic (exact) mass is 239 g/mol. The number of nitrogens with two attached hydrogens (primary N) is 1. The molecule has 0 amide bonds. The number of nitrogen functional groups attached to an aromatic ring is 1. The fourth-order valence-electron chi connectivity index (χ4n) is 1.52. The van der Waals surface area contributed by atoms with E-state index < -0.39 is 6.10 Å². The first-order valence-corrected chi connectivity index (χ1v) is 5.11. The van der Waals surface area contributed by atoms with Crippen molar-refractivity contribution in [3.8, 4) is 0 Å². The van der Waals surface area contributed by atoms with Crippen LogP contribution in [0.1, 0.15) is 6.42 Å². The van der Waals surface area contributed by atoms with E-state index in [2.05, 4.69) is 15.0 Å². The van der Waals surface area contributed by atoms with Gasteiger partial charge in [-0.05, 0) is 6.42 Å². The van der Waals surface area contributed by atoms with Crippen LogP contribution in [-0.4, -0.2) is 42.4 Å². The topological polar surface area (TPSA) is 130 Å². The largest absolute Gasteiger partial charge is 0.394 e. The molecule has 1 unspecified atom stereocenters. The molecule has 0 radical (unpaired) electrons. The molecule has 5 N–H and O–H groups in total. The minimum absolute atomic E-state index is 0.0527. The van der Waals surface area contributed by atoms with Crippen molar-refractivity contribution >= 4 is 17.1 Å². The van der Waals surface area contributed by atoms with Crippen molar-refractivity contribution in [2.45, 2.75) is 19.1 Å². The molecule has 8 nitrogen and oxygen atoms in total. The zero-order chi connectivity index (χ0) is 12.4. The van der Waals surface area contributed by atoms with Crippen LogP contribution in [0.4, 0.5) is 5.95 Å². The van der Waals surface area contributed by atoms with Gasteiger partial charge in [0.1, 0.15) is 0 Å². The van der Waals surface area contributed by atoms with E-state index in [0.717, 1.165) is 0 Å². The van der Waals surface area contributed by atoms with E-state index in [1.165, 1.54) is 10.9 Å². The van der Waals surface area contributed by atoms with E-state index in [1.807, 2.05) is 0 Å². The maximum absolute atomic E-state index is 11.9. The van der Waals surface area contributed by atoms with Crippen molar-refractivity contribution in [1.82, 2.24) is 19.5 Å². The Morgan fingerprint density at radius 3 is 3.06 bits per heavy atom. The molecule has 2 aromatic heterocycles. The van der Waals surface area contributed by atoms with Gasteiger partial charge < -0.3 is 20.9 Å². The normalized spacial score (nSPS) is 13.1. The van der Waals surface area contributed by atoms with Gasteiger partial charge in [0.05, 0.1) is 19.0 Å². The van der Waals surface area contributed by atoms with Gasteiger partial charge in [0, 0.05) is 6.54 Å². The molecule has 0 bridgehead atoms. The number of fused-ring (bicyclic) bond motifs is 1. The molecule has 0 aliphatic rings. The van der Waals surface area contributed by atoms with Crippen molar-refractivity contribution in [1.29, 1.82) is 0 Å². The summed E-state index contributed by atoms with van der Waals surface area (Å²) in [5, 5.41) is 17.9. The van der Waals surface area contributed by atoms with Gasteiger partial charge in [0.15, 0.2) is 11.2 Å². The lowest BCUT2D eigenvalue weighted by atomic mass is 10.2. The van der Waals surface area contributed by atoms with Crippen LogP contribution >= 0.6 is 0 Å². The summed E-state index contributed by atoms with van der Waals surface area (Å²) < 4.78 is 1.22. The quantitative estimate of drug-likeness (QED) is 0.510. The maximum atomic E-state index is 11.9. The van der Waals surface area contributed by atoms with E-state index in [9.17, 15) is 9.90 Å². The van der Waals surface area contributed by atoms with Gasteiger partial charge in [0.2, 0.25) is 5.95 Å². The lowest BCUT2D eigenvalue weighted by Crippen LogP contribution is -2.27. The maximum Gasteiger partial charge on any atom is 0.283 e. The molecule has 2 rings (SSSR count). The zero-order valence-electron chi connectivity index (χ0n) is 9.00. The highest BCUT2D eigenvalue weighted by Gasteiger charge is 2.11. The van der Waals surface area contributed by atoms with Gasteiger partial charge in [-0.1, -0.05) is 0 Å². The summed E-state index contributed by atoms with van der Waals surface area (Å²) in [6.45, 7) is -0.172. The van der Waals surface area contributed by atoms with Gasteiger partial charge in [-0.3, -0.25) is 9.36 Å². The highest BCUT2D eigenvalue weighted by Crippen LogP contribution is 2.05. The fraction of sp³-hybridized carbons (Fsp3) is 0.444. The molecule has 2 heterocycles. The Kier molecular flexibility index (Phi) is 3.07. The predicted octanol–water partition coefficient (Wildman–Crippen LogP) is -1.55. The highest BCUT2D eigenvalue weighted by molar-refractivity contribution is 5.69. The minimum atomic E-state index is -0.879. The molecule has 0 saturated carbocycles. The second kappa shape index (κ2) is 4.52. The van der Waals surface area contributed by atoms with Crippen LogP contribution in [0.2, 0.25) is 0 Å². The van der Waals surface area contributed by atoms with E-state index in [4.69, 9.17) is 10.8 Å². The van der Waals surface area contributed by atoms with Crippen LogP contribution in [0.5, 0.6) is 0 Å². The van der Waals surface area contributed by atoms with Crippen LogP contribution in [0.25, 0.3) is 11.2 Å². The van der Waals surface area contributed by atoms with Gasteiger partial charge in [-0.15, -0.1) is 0 Å². The fourth-order valence-corrected chi connectivity index (χ4v) is 1.52. The molecule has 8 heteroatoms. The third-order valence-electron chi connectivity index (χ3n) is 2.47. The number of aliphatic hydroxyl groups excluding tert-OH is 2. The average Bonchev–Trinajstić information content (AvgIpc) is 2.76. The van der Waals surface area contributed by atoms with Crippen LogP contribution in [0.15, 0.2) is 11.1 Å². The first kappa shape index (κ1) is 11.6. The Balaban J connectivity index is 2.36. The summed E-state index contributed by atoms with van der Waals surface area (Å²) in [7, 11) is 0. The van der Waals surface area contributed by atoms with E-state index in [0.29, 0.717) is 5.65 Å². The third-order valence-corrected chi connectivity index (χ3v) is 2.47. The molecular formula is C9H13N5O3. The molecule has 0 fully saturated rings. The number of anilines is 1. The van der Waals surface area contributed by atoms with E-state index in [1.54, 1.807) is 0 Å². The second-order valence-electron chi connectivity index (χ2n) is 3.65. The lowest BCUT2D eigenvalue weighted by Gasteiger charge is -2.10. The molecule has 92 valence electrons. The summed E-state index contributed by atoms with van der Waals surface area (Å²) in [6, 6.07) is 0. The van der Waals surface area contributed by atoms with Crippen LogP contribution in [0.3, 0.4) is 0 Å². The molecule has 0 aromatic carbocycles. The molecule has 0 spiro atoms. The molecule has 0 aliphatic heterocycles. The summed E-state index contributed by atoms with van der Waals surface area (Å²) >= 11 is 0. The van der Waals surface area contributed by atoms with Gasteiger partial charge >= 0.3 is 0 Å². The number of nitrogens with one attached hydrogen (secondary N) is 1. The summed E-state index contributed by atoms with van der Waals surface area (Å²) in [5.74, 6) is 0.0527. The standard InChI is InChI=1S/C9H13N5O3/c10-9-13-7-6(11-4-12-7)8(17)14(9)2-1-5(16)3-15/h4-5,15-16H,1-3H2,(H2,10,13)(H,11,12). The Labute approximate surface area is 95.7 Å². The summed E-state index contributed by atoms with van der Waals surface area (Å²) in [6.07, 6.45) is 0.708. The molecule has 0 saturated heterocycles. The van der Waals surface area contributed by atoms with Gasteiger partial charge in [-0.25, -0.2) is 4.98 Å². The van der Waals surface area contributed by atoms with Crippen molar-refractivity contribution in [2.75, 3.05) is 12.3 Å².